The fourth-order valence-electron chi connectivity index (χ4n) is 6.61. The topological polar surface area (TPSA) is 49.8 Å². The van der Waals surface area contributed by atoms with Gasteiger partial charge in [0.05, 0.1) is 38.8 Å². The first-order chi connectivity index (χ1) is 15.6. The fourth-order valence-corrected chi connectivity index (χ4v) is 6.61. The van der Waals surface area contributed by atoms with Crippen molar-refractivity contribution in [3.05, 3.63) is 30.6 Å². The van der Waals surface area contributed by atoms with E-state index in [2.05, 4.69) is 18.5 Å². The first kappa shape index (κ1) is 23.6. The molecule has 178 valence electrons. The van der Waals surface area contributed by atoms with E-state index in [0.29, 0.717) is 37.3 Å². The predicted molar refractivity (Wildman–Crippen MR) is 126 cm³/mol. The summed E-state index contributed by atoms with van der Waals surface area (Å²) in [6, 6.07) is 1.88. The number of allylic oxidation sites excluding steroid dienone is 1. The fraction of sp³-hybridized carbons (Fsp3) is 0.741. The Morgan fingerprint density at radius 2 is 1.88 bits per heavy atom. The highest BCUT2D eigenvalue weighted by Crippen LogP contribution is 2.58. The van der Waals surface area contributed by atoms with Gasteiger partial charge in [-0.3, -0.25) is 4.98 Å². The van der Waals surface area contributed by atoms with Crippen LogP contribution in [0.1, 0.15) is 71.1 Å². The van der Waals surface area contributed by atoms with Gasteiger partial charge in [0.2, 0.25) is 0 Å². The van der Waals surface area contributed by atoms with Crippen LogP contribution in [0, 0.1) is 23.2 Å². The van der Waals surface area contributed by atoms with E-state index in [1.807, 2.05) is 6.07 Å². The highest BCUT2D eigenvalue weighted by molar-refractivity contribution is 5.28. The molecule has 3 aliphatic carbocycles. The molecule has 0 N–H and O–H groups in total. The molecule has 0 amide bonds. The van der Waals surface area contributed by atoms with E-state index in [0.717, 1.165) is 37.4 Å². The van der Waals surface area contributed by atoms with Crippen LogP contribution >= 0.6 is 0 Å². The molecule has 1 aliphatic heterocycles. The molecule has 0 radical (unpaired) electrons. The lowest BCUT2D eigenvalue weighted by molar-refractivity contribution is -0.218. The zero-order valence-electron chi connectivity index (χ0n) is 20.0. The molecule has 1 aromatic heterocycles. The van der Waals surface area contributed by atoms with Crippen LogP contribution in [-0.4, -0.2) is 38.2 Å². The third-order valence-electron chi connectivity index (χ3n) is 8.40. The number of methoxy groups -OCH3 is 1. The first-order valence-corrected chi connectivity index (χ1v) is 12.6. The van der Waals surface area contributed by atoms with Gasteiger partial charge in [-0.05, 0) is 49.4 Å². The third kappa shape index (κ3) is 5.31. The molecule has 4 aliphatic rings. The van der Waals surface area contributed by atoms with Crippen LogP contribution in [0.3, 0.4) is 0 Å². The van der Waals surface area contributed by atoms with Crippen molar-refractivity contribution >= 4 is 0 Å². The summed E-state index contributed by atoms with van der Waals surface area (Å²) in [5, 5.41) is 0. The number of fused-ring (bicyclic) bond motifs is 3. The van der Waals surface area contributed by atoms with Crippen LogP contribution in [-0.2, 0) is 9.47 Å². The number of ether oxygens (including phenoxy) is 4. The van der Waals surface area contributed by atoms with Gasteiger partial charge in [-0.2, -0.15) is 0 Å². The molecular weight excluding hydrogens is 402 g/mol. The summed E-state index contributed by atoms with van der Waals surface area (Å²) in [5.41, 5.74) is 1.65. The molecule has 0 aromatic carbocycles. The second kappa shape index (κ2) is 11.0. The van der Waals surface area contributed by atoms with Gasteiger partial charge in [-0.1, -0.05) is 51.2 Å². The highest BCUT2D eigenvalue weighted by atomic mass is 16.7. The van der Waals surface area contributed by atoms with Crippen molar-refractivity contribution in [2.45, 2.75) is 77.2 Å². The van der Waals surface area contributed by atoms with Gasteiger partial charge in [-0.15, -0.1) is 0 Å². The highest BCUT2D eigenvalue weighted by Gasteiger charge is 2.53. The summed E-state index contributed by atoms with van der Waals surface area (Å²) in [5.74, 6) is 3.13. The van der Waals surface area contributed by atoms with E-state index < -0.39 is 0 Å². The number of hydrogen-bond acceptors (Lipinski definition) is 5. The second-order valence-corrected chi connectivity index (χ2v) is 10.2. The molecule has 5 heteroatoms. The molecule has 3 saturated carbocycles. The Labute approximate surface area is 193 Å². The summed E-state index contributed by atoms with van der Waals surface area (Å²) >= 11 is 0. The summed E-state index contributed by atoms with van der Waals surface area (Å²) < 4.78 is 22.8. The molecule has 5 unspecified atom stereocenters. The lowest BCUT2D eigenvalue weighted by Crippen LogP contribution is -2.54. The molecule has 5 rings (SSSR count). The summed E-state index contributed by atoms with van der Waals surface area (Å²) in [4.78, 5) is 4.16. The number of hydrogen-bond donors (Lipinski definition) is 0. The Morgan fingerprint density at radius 3 is 2.62 bits per heavy atom. The minimum Gasteiger partial charge on any atom is -0.495 e. The Hall–Kier alpha value is -1.59. The van der Waals surface area contributed by atoms with E-state index in [-0.39, 0.29) is 5.41 Å². The second-order valence-electron chi connectivity index (χ2n) is 10.2. The van der Waals surface area contributed by atoms with E-state index in [1.165, 1.54) is 50.5 Å². The molecule has 0 spiro atoms. The van der Waals surface area contributed by atoms with E-state index in [1.54, 1.807) is 19.5 Å². The predicted octanol–water partition coefficient (Wildman–Crippen LogP) is 6.18. The Bertz CT molecular complexity index is 741. The van der Waals surface area contributed by atoms with Crippen molar-refractivity contribution in [1.82, 2.24) is 4.98 Å². The quantitative estimate of drug-likeness (QED) is 0.509. The van der Waals surface area contributed by atoms with Crippen molar-refractivity contribution in [3.8, 4) is 11.5 Å². The van der Waals surface area contributed by atoms with Crippen LogP contribution in [0.25, 0.3) is 0 Å². The Kier molecular flexibility index (Phi) is 8.12. The van der Waals surface area contributed by atoms with Crippen molar-refractivity contribution in [2.75, 3.05) is 27.1 Å². The van der Waals surface area contributed by atoms with Gasteiger partial charge >= 0.3 is 0 Å². The van der Waals surface area contributed by atoms with Crippen molar-refractivity contribution in [1.29, 1.82) is 0 Å². The number of pyridine rings is 1. The van der Waals surface area contributed by atoms with Crippen LogP contribution < -0.4 is 9.47 Å². The molecule has 5 nitrogen and oxygen atoms in total. The lowest BCUT2D eigenvalue weighted by atomic mass is 9.50. The zero-order chi connectivity index (χ0) is 22.4. The normalized spacial score (nSPS) is 34.0. The summed E-state index contributed by atoms with van der Waals surface area (Å²) in [6.07, 6.45) is 16.9. The molecule has 4 fully saturated rings. The van der Waals surface area contributed by atoms with Gasteiger partial charge in [0.25, 0.3) is 0 Å². The molecule has 1 saturated heterocycles. The monoisotopic (exact) mass is 443 g/mol. The third-order valence-corrected chi connectivity index (χ3v) is 8.40. The maximum Gasteiger partial charge on any atom is 0.147 e. The number of rotatable bonds is 5. The standard InChI is InChI=1S/C22H31NO4.C5H10/c1-15-4-5-20-18-13-25-14-27-21(18)6-8-22(20,2)19(15)7-9-26-17-10-16(24-3)11-23-12-17;1-2-4-5-3-1/h10-12,18-21H,1,4-9,13-14H2,2-3H3;1-5H2. The molecular formula is C27H41NO4. The molecule has 2 heterocycles. The van der Waals surface area contributed by atoms with Crippen LogP contribution in [0.5, 0.6) is 11.5 Å². The Morgan fingerprint density at radius 1 is 1.12 bits per heavy atom. The average Bonchev–Trinajstić information content (AvgIpc) is 3.41. The van der Waals surface area contributed by atoms with Crippen molar-refractivity contribution in [2.24, 2.45) is 23.2 Å². The van der Waals surface area contributed by atoms with Gasteiger partial charge in [0, 0.05) is 12.0 Å². The summed E-state index contributed by atoms with van der Waals surface area (Å²) in [7, 11) is 1.64. The minimum atomic E-state index is 0.260. The largest absolute Gasteiger partial charge is 0.495 e. The first-order valence-electron chi connectivity index (χ1n) is 12.6. The smallest absolute Gasteiger partial charge is 0.147 e. The number of nitrogens with zero attached hydrogens (tertiary/aromatic N) is 1. The van der Waals surface area contributed by atoms with Crippen LogP contribution in [0.4, 0.5) is 0 Å². The molecule has 32 heavy (non-hydrogen) atoms. The Balaban J connectivity index is 0.000000433. The minimum absolute atomic E-state index is 0.260. The average molecular weight is 444 g/mol. The van der Waals surface area contributed by atoms with Gasteiger partial charge in [0.1, 0.15) is 18.3 Å². The van der Waals surface area contributed by atoms with Gasteiger partial charge in [-0.25, -0.2) is 0 Å². The van der Waals surface area contributed by atoms with Crippen molar-refractivity contribution < 1.29 is 18.9 Å². The lowest BCUT2D eigenvalue weighted by Gasteiger charge is -2.57. The van der Waals surface area contributed by atoms with Gasteiger partial charge in [0.15, 0.2) is 0 Å². The zero-order valence-corrected chi connectivity index (χ0v) is 20.0. The van der Waals surface area contributed by atoms with E-state index >= 15 is 0 Å². The SMILES string of the molecule is C1CCCC1.C=C1CCC2C3COCOC3CCC2(C)C1CCOc1cncc(OC)c1. The summed E-state index contributed by atoms with van der Waals surface area (Å²) in [6.45, 7) is 8.87. The maximum absolute atomic E-state index is 6.00. The van der Waals surface area contributed by atoms with E-state index in [4.69, 9.17) is 18.9 Å². The number of aromatic nitrogens is 1. The van der Waals surface area contributed by atoms with Crippen molar-refractivity contribution in [3.63, 3.8) is 0 Å². The molecule has 0 bridgehead atoms. The molecule has 5 atom stereocenters. The molecule has 1 aromatic rings. The van der Waals surface area contributed by atoms with Crippen LogP contribution in [0.15, 0.2) is 30.6 Å². The van der Waals surface area contributed by atoms with Crippen LogP contribution in [0.2, 0.25) is 0 Å². The van der Waals surface area contributed by atoms with Gasteiger partial charge < -0.3 is 18.9 Å². The maximum atomic E-state index is 6.00. The van der Waals surface area contributed by atoms with E-state index in [9.17, 15) is 0 Å².